The monoisotopic (exact) mass is 338 g/mol. The normalized spacial score (nSPS) is 15.6. The summed E-state index contributed by atoms with van der Waals surface area (Å²) in [6.07, 6.45) is 6.67. The Labute approximate surface area is 146 Å². The van der Waals surface area contributed by atoms with Crippen LogP contribution in [0.25, 0.3) is 17.4 Å². The minimum atomic E-state index is -0.391. The maximum Gasteiger partial charge on any atom is 0.262 e. The molecule has 1 saturated carbocycles. The fourth-order valence-electron chi connectivity index (χ4n) is 3.04. The highest BCUT2D eigenvalue weighted by atomic mass is 19.1. The Morgan fingerprint density at radius 3 is 2.68 bits per heavy atom. The van der Waals surface area contributed by atoms with Crippen LogP contribution in [-0.4, -0.2) is 11.9 Å². The van der Waals surface area contributed by atoms with E-state index in [1.807, 2.05) is 6.07 Å². The number of halogens is 1. The zero-order valence-corrected chi connectivity index (χ0v) is 13.8. The van der Waals surface area contributed by atoms with Crippen molar-refractivity contribution >= 4 is 12.0 Å². The number of nitrogens with zero attached hydrogens (tertiary/aromatic N) is 1. The average molecular weight is 338 g/mol. The smallest absolute Gasteiger partial charge is 0.262 e. The van der Waals surface area contributed by atoms with Gasteiger partial charge in [0, 0.05) is 12.1 Å². The van der Waals surface area contributed by atoms with Crippen LogP contribution in [0.15, 0.2) is 46.4 Å². The van der Waals surface area contributed by atoms with Gasteiger partial charge in [0.15, 0.2) is 0 Å². The van der Waals surface area contributed by atoms with E-state index in [1.165, 1.54) is 18.6 Å². The third kappa shape index (κ3) is 4.16. The van der Waals surface area contributed by atoms with Crippen molar-refractivity contribution in [2.45, 2.75) is 38.1 Å². The zero-order chi connectivity index (χ0) is 17.6. The van der Waals surface area contributed by atoms with Gasteiger partial charge in [-0.05, 0) is 37.1 Å². The summed E-state index contributed by atoms with van der Waals surface area (Å²) in [4.78, 5) is 12.3. The largest absolute Gasteiger partial charge is 0.457 e. The lowest BCUT2D eigenvalue weighted by Crippen LogP contribution is -2.36. The first-order valence-corrected chi connectivity index (χ1v) is 8.45. The van der Waals surface area contributed by atoms with Gasteiger partial charge in [0.05, 0.1) is 5.56 Å². The summed E-state index contributed by atoms with van der Waals surface area (Å²) in [6, 6.07) is 11.6. The molecule has 0 atom stereocenters. The first kappa shape index (κ1) is 17.0. The molecule has 1 aliphatic carbocycles. The molecular weight excluding hydrogens is 319 g/mol. The average Bonchev–Trinajstić information content (AvgIpc) is 3.09. The highest BCUT2D eigenvalue weighted by Crippen LogP contribution is 2.26. The fourth-order valence-corrected chi connectivity index (χ4v) is 3.04. The van der Waals surface area contributed by atoms with Gasteiger partial charge in [-0.3, -0.25) is 4.79 Å². The summed E-state index contributed by atoms with van der Waals surface area (Å²) < 4.78 is 19.4. The maximum absolute atomic E-state index is 13.8. The number of carbonyl (C=O) groups excluding carboxylic acids is 1. The summed E-state index contributed by atoms with van der Waals surface area (Å²) in [6.45, 7) is 0. The molecule has 3 rings (SSSR count). The lowest BCUT2D eigenvalue weighted by atomic mass is 9.95. The second-order valence-electron chi connectivity index (χ2n) is 6.16. The molecule has 5 heteroatoms. The van der Waals surface area contributed by atoms with Crippen molar-refractivity contribution in [3.8, 4) is 17.4 Å². The minimum absolute atomic E-state index is 0.0139. The maximum atomic E-state index is 13.8. The molecule has 1 aromatic heterocycles. The molecule has 1 aromatic carbocycles. The topological polar surface area (TPSA) is 66.0 Å². The van der Waals surface area contributed by atoms with Crippen LogP contribution in [0, 0.1) is 17.1 Å². The van der Waals surface area contributed by atoms with E-state index in [4.69, 9.17) is 4.42 Å². The molecule has 0 radical (unpaired) electrons. The second kappa shape index (κ2) is 7.80. The SMILES string of the molecule is N#C/C(=C\c1ccc(-c2ccccc2F)o1)C(=O)NC1CCCCC1. The van der Waals surface area contributed by atoms with E-state index in [0.717, 1.165) is 25.7 Å². The van der Waals surface area contributed by atoms with Crippen molar-refractivity contribution in [2.75, 3.05) is 0 Å². The van der Waals surface area contributed by atoms with E-state index in [0.29, 0.717) is 17.1 Å². The van der Waals surface area contributed by atoms with Gasteiger partial charge >= 0.3 is 0 Å². The molecule has 0 unspecified atom stereocenters. The molecular formula is C20H19FN2O2. The molecule has 2 aromatic rings. The number of amides is 1. The molecule has 1 aliphatic rings. The van der Waals surface area contributed by atoms with E-state index in [9.17, 15) is 14.4 Å². The number of hydrogen-bond donors (Lipinski definition) is 1. The van der Waals surface area contributed by atoms with Crippen LogP contribution in [0.2, 0.25) is 0 Å². The molecule has 0 aliphatic heterocycles. The van der Waals surface area contributed by atoms with Gasteiger partial charge in [-0.15, -0.1) is 0 Å². The molecule has 25 heavy (non-hydrogen) atoms. The van der Waals surface area contributed by atoms with Crippen LogP contribution >= 0.6 is 0 Å². The van der Waals surface area contributed by atoms with Crippen LogP contribution in [0.5, 0.6) is 0 Å². The zero-order valence-electron chi connectivity index (χ0n) is 13.8. The number of nitriles is 1. The number of benzene rings is 1. The van der Waals surface area contributed by atoms with Gasteiger partial charge in [0.1, 0.15) is 29.0 Å². The summed E-state index contributed by atoms with van der Waals surface area (Å²) >= 11 is 0. The Balaban J connectivity index is 1.75. The Bertz CT molecular complexity index is 826. The number of hydrogen-bond acceptors (Lipinski definition) is 3. The van der Waals surface area contributed by atoms with Gasteiger partial charge in [0.2, 0.25) is 0 Å². The molecule has 0 saturated heterocycles. The highest BCUT2D eigenvalue weighted by Gasteiger charge is 2.18. The van der Waals surface area contributed by atoms with Crippen molar-refractivity contribution in [3.63, 3.8) is 0 Å². The van der Waals surface area contributed by atoms with Crippen molar-refractivity contribution in [1.82, 2.24) is 5.32 Å². The van der Waals surface area contributed by atoms with Crippen molar-refractivity contribution in [2.24, 2.45) is 0 Å². The predicted octanol–water partition coefficient (Wildman–Crippen LogP) is 4.44. The molecule has 1 amide bonds. The predicted molar refractivity (Wildman–Crippen MR) is 92.7 cm³/mol. The van der Waals surface area contributed by atoms with Crippen LogP contribution in [0.4, 0.5) is 4.39 Å². The van der Waals surface area contributed by atoms with E-state index < -0.39 is 5.91 Å². The third-order valence-electron chi connectivity index (χ3n) is 4.36. The van der Waals surface area contributed by atoms with E-state index >= 15 is 0 Å². The number of furan rings is 1. The fraction of sp³-hybridized carbons (Fsp3) is 0.300. The third-order valence-corrected chi connectivity index (χ3v) is 4.36. The molecule has 0 spiro atoms. The molecule has 1 fully saturated rings. The second-order valence-corrected chi connectivity index (χ2v) is 6.16. The molecule has 128 valence electrons. The summed E-state index contributed by atoms with van der Waals surface area (Å²) in [5.41, 5.74) is 0.326. The molecule has 0 bridgehead atoms. The van der Waals surface area contributed by atoms with Crippen LogP contribution in [0.1, 0.15) is 37.9 Å². The van der Waals surface area contributed by atoms with Crippen molar-refractivity contribution < 1.29 is 13.6 Å². The van der Waals surface area contributed by atoms with Crippen molar-refractivity contribution in [3.05, 3.63) is 53.5 Å². The van der Waals surface area contributed by atoms with Crippen LogP contribution < -0.4 is 5.32 Å². The summed E-state index contributed by atoms with van der Waals surface area (Å²) in [5, 5.41) is 12.2. The van der Waals surface area contributed by atoms with Gasteiger partial charge < -0.3 is 9.73 Å². The first-order chi connectivity index (χ1) is 12.2. The Kier molecular flexibility index (Phi) is 5.30. The standard InChI is InChI=1S/C20H19FN2O2/c21-18-9-5-4-8-17(18)19-11-10-16(25-19)12-14(13-22)20(24)23-15-6-2-1-3-7-15/h4-5,8-12,15H,1-3,6-7H2,(H,23,24)/b14-12+. The Hall–Kier alpha value is -2.87. The highest BCUT2D eigenvalue weighted by molar-refractivity contribution is 6.01. The Morgan fingerprint density at radius 2 is 1.96 bits per heavy atom. The van der Waals surface area contributed by atoms with Gasteiger partial charge in [0.25, 0.3) is 5.91 Å². The summed E-state index contributed by atoms with van der Waals surface area (Å²) in [5.74, 6) is -0.0795. The Morgan fingerprint density at radius 1 is 1.20 bits per heavy atom. The number of carbonyl (C=O) groups is 1. The molecule has 1 heterocycles. The summed E-state index contributed by atoms with van der Waals surface area (Å²) in [7, 11) is 0. The van der Waals surface area contributed by atoms with Crippen LogP contribution in [-0.2, 0) is 4.79 Å². The minimum Gasteiger partial charge on any atom is -0.457 e. The lowest BCUT2D eigenvalue weighted by Gasteiger charge is -2.22. The lowest BCUT2D eigenvalue weighted by molar-refractivity contribution is -0.117. The van der Waals surface area contributed by atoms with Gasteiger partial charge in [-0.1, -0.05) is 31.4 Å². The quantitative estimate of drug-likeness (QED) is 0.662. The first-order valence-electron chi connectivity index (χ1n) is 8.45. The van der Waals surface area contributed by atoms with Crippen LogP contribution in [0.3, 0.4) is 0 Å². The van der Waals surface area contributed by atoms with Crippen molar-refractivity contribution in [1.29, 1.82) is 5.26 Å². The van der Waals surface area contributed by atoms with Gasteiger partial charge in [-0.2, -0.15) is 5.26 Å². The molecule has 1 N–H and O–H groups in total. The number of rotatable bonds is 4. The molecule has 4 nitrogen and oxygen atoms in total. The van der Waals surface area contributed by atoms with E-state index in [1.54, 1.807) is 30.3 Å². The van der Waals surface area contributed by atoms with E-state index in [-0.39, 0.29) is 17.4 Å². The number of nitrogens with one attached hydrogen (secondary N) is 1. The van der Waals surface area contributed by atoms with E-state index in [2.05, 4.69) is 5.32 Å². The van der Waals surface area contributed by atoms with Gasteiger partial charge in [-0.25, -0.2) is 4.39 Å².